The molecule has 4 rings (SSSR count). The molecule has 0 unspecified atom stereocenters. The quantitative estimate of drug-likeness (QED) is 0.578. The second-order valence-electron chi connectivity index (χ2n) is 8.12. The summed E-state index contributed by atoms with van der Waals surface area (Å²) in [6.07, 6.45) is 0.850. The van der Waals surface area contributed by atoms with Crippen molar-refractivity contribution in [3.8, 4) is 0 Å². The van der Waals surface area contributed by atoms with Crippen LogP contribution in [0.15, 0.2) is 66.7 Å². The van der Waals surface area contributed by atoms with Crippen molar-refractivity contribution in [1.29, 1.82) is 0 Å². The van der Waals surface area contributed by atoms with Crippen molar-refractivity contribution in [1.82, 2.24) is 4.90 Å². The minimum absolute atomic E-state index is 0.0216. The SMILES string of the molecule is Cc1ccc(C)c(CN2CCCN(c3cccc(NC(=O)c4ccccc4F)c3)C2=O)c1. The molecule has 3 aromatic rings. The van der Waals surface area contributed by atoms with Gasteiger partial charge >= 0.3 is 6.03 Å². The third-order valence-corrected chi connectivity index (χ3v) is 5.71. The number of carbonyl (C=O) groups excluding carboxylic acids is 2. The van der Waals surface area contributed by atoms with Gasteiger partial charge in [-0.15, -0.1) is 0 Å². The zero-order valence-electron chi connectivity index (χ0n) is 18.3. The summed E-state index contributed by atoms with van der Waals surface area (Å²) in [4.78, 5) is 29.3. The van der Waals surface area contributed by atoms with Crippen LogP contribution in [0.5, 0.6) is 0 Å². The number of carbonyl (C=O) groups is 2. The van der Waals surface area contributed by atoms with Crippen molar-refractivity contribution >= 4 is 23.3 Å². The molecule has 6 heteroatoms. The summed E-state index contributed by atoms with van der Waals surface area (Å²) in [5, 5.41) is 2.73. The summed E-state index contributed by atoms with van der Waals surface area (Å²) in [6, 6.07) is 19.2. The molecule has 1 heterocycles. The van der Waals surface area contributed by atoms with Gasteiger partial charge in [0.1, 0.15) is 5.82 Å². The molecule has 1 aliphatic heterocycles. The highest BCUT2D eigenvalue weighted by Crippen LogP contribution is 2.25. The summed E-state index contributed by atoms with van der Waals surface area (Å²) >= 11 is 0. The van der Waals surface area contributed by atoms with Crippen LogP contribution in [0.2, 0.25) is 0 Å². The van der Waals surface area contributed by atoms with E-state index in [4.69, 9.17) is 0 Å². The molecule has 0 radical (unpaired) electrons. The molecule has 0 atom stereocenters. The lowest BCUT2D eigenvalue weighted by atomic mass is 10.0. The highest BCUT2D eigenvalue weighted by Gasteiger charge is 2.27. The summed E-state index contributed by atoms with van der Waals surface area (Å²) in [5.74, 6) is -1.10. The monoisotopic (exact) mass is 431 g/mol. The average molecular weight is 432 g/mol. The third-order valence-electron chi connectivity index (χ3n) is 5.71. The van der Waals surface area contributed by atoms with Crippen molar-refractivity contribution in [2.24, 2.45) is 0 Å². The van der Waals surface area contributed by atoms with E-state index in [1.54, 1.807) is 35.2 Å². The number of hydrogen-bond donors (Lipinski definition) is 1. The number of halogens is 1. The number of urea groups is 1. The van der Waals surface area contributed by atoms with Crippen LogP contribution in [-0.4, -0.2) is 29.9 Å². The Kier molecular flexibility index (Phi) is 6.21. The van der Waals surface area contributed by atoms with Gasteiger partial charge in [-0.3, -0.25) is 9.69 Å². The number of amides is 3. The Hall–Kier alpha value is -3.67. The summed E-state index contributed by atoms with van der Waals surface area (Å²) in [6.45, 7) is 5.98. The lowest BCUT2D eigenvalue weighted by molar-refractivity contribution is 0.102. The molecule has 164 valence electrons. The van der Waals surface area contributed by atoms with E-state index in [9.17, 15) is 14.0 Å². The Labute approximate surface area is 187 Å². The molecule has 1 saturated heterocycles. The van der Waals surface area contributed by atoms with Gasteiger partial charge in [-0.1, -0.05) is 42.0 Å². The Morgan fingerprint density at radius 2 is 1.81 bits per heavy atom. The van der Waals surface area contributed by atoms with Gasteiger partial charge in [0.05, 0.1) is 5.56 Å². The second-order valence-corrected chi connectivity index (χ2v) is 8.12. The van der Waals surface area contributed by atoms with Gasteiger partial charge in [0.15, 0.2) is 0 Å². The molecule has 3 aromatic carbocycles. The fourth-order valence-electron chi connectivity index (χ4n) is 3.94. The van der Waals surface area contributed by atoms with Crippen molar-refractivity contribution < 1.29 is 14.0 Å². The first-order chi connectivity index (χ1) is 15.4. The molecule has 0 spiro atoms. The maximum Gasteiger partial charge on any atom is 0.324 e. The zero-order valence-corrected chi connectivity index (χ0v) is 18.3. The lowest BCUT2D eigenvalue weighted by Gasteiger charge is -2.36. The van der Waals surface area contributed by atoms with E-state index in [-0.39, 0.29) is 11.6 Å². The van der Waals surface area contributed by atoms with E-state index in [2.05, 4.69) is 30.4 Å². The minimum atomic E-state index is -0.575. The van der Waals surface area contributed by atoms with E-state index in [0.717, 1.165) is 12.0 Å². The molecule has 3 amide bonds. The number of nitrogens with one attached hydrogen (secondary N) is 1. The molecule has 1 aliphatic rings. The van der Waals surface area contributed by atoms with E-state index in [1.165, 1.54) is 23.3 Å². The molecule has 5 nitrogen and oxygen atoms in total. The van der Waals surface area contributed by atoms with E-state index < -0.39 is 11.7 Å². The maximum atomic E-state index is 13.9. The predicted molar refractivity (Wildman–Crippen MR) is 124 cm³/mol. The highest BCUT2D eigenvalue weighted by molar-refractivity contribution is 6.05. The van der Waals surface area contributed by atoms with Gasteiger partial charge in [-0.25, -0.2) is 9.18 Å². The zero-order chi connectivity index (χ0) is 22.7. The summed E-state index contributed by atoms with van der Waals surface area (Å²) in [7, 11) is 0. The summed E-state index contributed by atoms with van der Waals surface area (Å²) in [5.41, 5.74) is 4.67. The molecule has 0 aliphatic carbocycles. The fraction of sp³-hybridized carbons (Fsp3) is 0.231. The normalized spacial score (nSPS) is 13.9. The maximum absolute atomic E-state index is 13.9. The van der Waals surface area contributed by atoms with E-state index in [0.29, 0.717) is 31.0 Å². The molecule has 0 saturated carbocycles. The minimum Gasteiger partial charge on any atom is -0.322 e. The first-order valence-corrected chi connectivity index (χ1v) is 10.7. The molecular formula is C26H26FN3O2. The first kappa shape index (κ1) is 21.6. The highest BCUT2D eigenvalue weighted by atomic mass is 19.1. The van der Waals surface area contributed by atoms with Crippen molar-refractivity contribution in [2.75, 3.05) is 23.3 Å². The van der Waals surface area contributed by atoms with Crippen molar-refractivity contribution in [3.05, 3.63) is 94.8 Å². The van der Waals surface area contributed by atoms with Crippen LogP contribution in [0.25, 0.3) is 0 Å². The topological polar surface area (TPSA) is 52.6 Å². The largest absolute Gasteiger partial charge is 0.324 e. The van der Waals surface area contributed by atoms with Gasteiger partial charge in [-0.05, 0) is 61.7 Å². The van der Waals surface area contributed by atoms with Crippen molar-refractivity contribution in [3.63, 3.8) is 0 Å². The number of anilines is 2. The first-order valence-electron chi connectivity index (χ1n) is 10.7. The van der Waals surface area contributed by atoms with E-state index in [1.807, 2.05) is 17.9 Å². The Bertz CT molecular complexity index is 1160. The summed E-state index contributed by atoms with van der Waals surface area (Å²) < 4.78 is 13.9. The number of nitrogens with zero attached hydrogens (tertiary/aromatic N) is 2. The Morgan fingerprint density at radius 3 is 2.62 bits per heavy atom. The molecule has 1 N–H and O–H groups in total. The standard InChI is InChI=1S/C26H26FN3O2/c1-18-11-12-19(2)20(15-18)17-29-13-6-14-30(26(29)32)22-8-5-7-21(16-22)28-25(31)23-9-3-4-10-24(23)27/h3-5,7-12,15-16H,6,13-14,17H2,1-2H3,(H,28,31). The van der Waals surface area contributed by atoms with Gasteiger partial charge in [0, 0.05) is 31.0 Å². The van der Waals surface area contributed by atoms with Gasteiger partial charge in [-0.2, -0.15) is 0 Å². The van der Waals surface area contributed by atoms with Crippen LogP contribution < -0.4 is 10.2 Å². The van der Waals surface area contributed by atoms with Gasteiger partial charge < -0.3 is 10.2 Å². The number of benzene rings is 3. The Balaban J connectivity index is 1.51. The molecule has 32 heavy (non-hydrogen) atoms. The second kappa shape index (κ2) is 9.22. The van der Waals surface area contributed by atoms with Gasteiger partial charge in [0.25, 0.3) is 5.91 Å². The third kappa shape index (κ3) is 4.64. The molecular weight excluding hydrogens is 405 g/mol. The van der Waals surface area contributed by atoms with E-state index >= 15 is 0 Å². The van der Waals surface area contributed by atoms with Crippen LogP contribution >= 0.6 is 0 Å². The predicted octanol–water partition coefficient (Wildman–Crippen LogP) is 5.53. The number of aryl methyl sites for hydroxylation is 2. The van der Waals surface area contributed by atoms with Gasteiger partial charge in [0.2, 0.25) is 0 Å². The fourth-order valence-corrected chi connectivity index (χ4v) is 3.94. The Morgan fingerprint density at radius 1 is 1.00 bits per heavy atom. The lowest BCUT2D eigenvalue weighted by Crippen LogP contribution is -2.49. The number of hydrogen-bond acceptors (Lipinski definition) is 2. The average Bonchev–Trinajstić information content (AvgIpc) is 2.78. The van der Waals surface area contributed by atoms with Crippen molar-refractivity contribution in [2.45, 2.75) is 26.8 Å². The van der Waals surface area contributed by atoms with Crippen LogP contribution in [0.3, 0.4) is 0 Å². The molecule has 1 fully saturated rings. The molecule has 0 bridgehead atoms. The smallest absolute Gasteiger partial charge is 0.322 e. The van der Waals surface area contributed by atoms with Crippen LogP contribution in [0, 0.1) is 19.7 Å². The van der Waals surface area contributed by atoms with Crippen LogP contribution in [0.1, 0.15) is 33.5 Å². The van der Waals surface area contributed by atoms with Crippen LogP contribution in [-0.2, 0) is 6.54 Å². The number of rotatable bonds is 5. The van der Waals surface area contributed by atoms with Crippen LogP contribution in [0.4, 0.5) is 20.6 Å². The molecule has 0 aromatic heterocycles.